The van der Waals surface area contributed by atoms with Gasteiger partial charge in [-0.25, -0.2) is 0 Å². The van der Waals surface area contributed by atoms with Gasteiger partial charge in [-0.2, -0.15) is 0 Å². The van der Waals surface area contributed by atoms with Gasteiger partial charge >= 0.3 is 0 Å². The standard InChI is InChI=1S/C28H28N2O5/c1-19-16-22(35-18-20-8-4-3-5-9-20)11-12-23(19)26(31)24-25(21-10-6-13-29-17-21)30(14-7-15-34-2)28(33)27(24)32/h3-6,8-13,16-17,25,31H,7,14-15,18H2,1-2H3/b26-24+/t25-/m0/s1. The fraction of sp³-hybridized carbons (Fsp3) is 0.250. The van der Waals surface area contributed by atoms with Crippen LogP contribution in [0.1, 0.15) is 34.7 Å². The molecule has 0 radical (unpaired) electrons. The molecule has 35 heavy (non-hydrogen) atoms. The number of hydrogen-bond acceptors (Lipinski definition) is 6. The van der Waals surface area contributed by atoms with Gasteiger partial charge in [-0.1, -0.05) is 36.4 Å². The summed E-state index contributed by atoms with van der Waals surface area (Å²) in [6.45, 7) is 3.02. The number of nitrogens with zero attached hydrogens (tertiary/aromatic N) is 2. The topological polar surface area (TPSA) is 89.0 Å². The van der Waals surface area contributed by atoms with E-state index in [-0.39, 0.29) is 11.3 Å². The summed E-state index contributed by atoms with van der Waals surface area (Å²) >= 11 is 0. The summed E-state index contributed by atoms with van der Waals surface area (Å²) in [6, 6.07) is 17.9. The zero-order chi connectivity index (χ0) is 24.8. The zero-order valence-corrected chi connectivity index (χ0v) is 19.8. The van der Waals surface area contributed by atoms with Crippen LogP contribution in [0.5, 0.6) is 5.75 Å². The maximum Gasteiger partial charge on any atom is 0.295 e. The maximum absolute atomic E-state index is 13.1. The van der Waals surface area contributed by atoms with E-state index in [0.717, 1.165) is 11.1 Å². The fourth-order valence-corrected chi connectivity index (χ4v) is 4.25. The van der Waals surface area contributed by atoms with Gasteiger partial charge in [0.15, 0.2) is 0 Å². The van der Waals surface area contributed by atoms with E-state index in [0.29, 0.717) is 43.1 Å². The Kier molecular flexibility index (Phi) is 7.57. The van der Waals surface area contributed by atoms with Gasteiger partial charge < -0.3 is 19.5 Å². The second-order valence-electron chi connectivity index (χ2n) is 8.38. The molecule has 0 spiro atoms. The fourth-order valence-electron chi connectivity index (χ4n) is 4.25. The molecule has 0 aliphatic carbocycles. The van der Waals surface area contributed by atoms with Crippen LogP contribution in [0.4, 0.5) is 0 Å². The number of amides is 1. The van der Waals surface area contributed by atoms with Crippen LogP contribution in [0, 0.1) is 6.92 Å². The molecule has 1 aliphatic rings. The first-order valence-corrected chi connectivity index (χ1v) is 11.5. The van der Waals surface area contributed by atoms with Crippen molar-refractivity contribution in [3.8, 4) is 5.75 Å². The average Bonchev–Trinajstić information content (AvgIpc) is 3.13. The Hall–Kier alpha value is -3.97. The maximum atomic E-state index is 13.1. The molecule has 7 nitrogen and oxygen atoms in total. The summed E-state index contributed by atoms with van der Waals surface area (Å²) in [5.74, 6) is -0.917. The summed E-state index contributed by atoms with van der Waals surface area (Å²) < 4.78 is 11.0. The van der Waals surface area contributed by atoms with Crippen molar-refractivity contribution in [2.45, 2.75) is 26.0 Å². The van der Waals surface area contributed by atoms with Crippen molar-refractivity contribution in [1.29, 1.82) is 0 Å². The minimum absolute atomic E-state index is 0.0569. The van der Waals surface area contributed by atoms with Gasteiger partial charge in [0.25, 0.3) is 11.7 Å². The van der Waals surface area contributed by atoms with Gasteiger partial charge in [-0.3, -0.25) is 14.6 Å². The van der Waals surface area contributed by atoms with Crippen molar-refractivity contribution < 1.29 is 24.2 Å². The second kappa shape index (κ2) is 11.0. The summed E-state index contributed by atoms with van der Waals surface area (Å²) in [6.07, 6.45) is 3.80. The number of methoxy groups -OCH3 is 1. The minimum Gasteiger partial charge on any atom is -0.507 e. The number of likely N-dealkylation sites (tertiary alicyclic amines) is 1. The molecular weight excluding hydrogens is 444 g/mol. The SMILES string of the molecule is COCCCN1C(=O)C(=O)/C(=C(/O)c2ccc(OCc3ccccc3)cc2C)[C@@H]1c1cccnc1. The highest BCUT2D eigenvalue weighted by Gasteiger charge is 2.46. The van der Waals surface area contributed by atoms with Crippen molar-refractivity contribution >= 4 is 17.4 Å². The van der Waals surface area contributed by atoms with E-state index >= 15 is 0 Å². The molecule has 2 aromatic carbocycles. The zero-order valence-electron chi connectivity index (χ0n) is 19.8. The number of aliphatic hydroxyl groups excluding tert-OH is 1. The number of aromatic nitrogens is 1. The molecule has 4 rings (SSSR count). The number of ether oxygens (including phenoxy) is 2. The van der Waals surface area contributed by atoms with Crippen LogP contribution in [0.3, 0.4) is 0 Å². The number of ketones is 1. The van der Waals surface area contributed by atoms with Crippen LogP contribution >= 0.6 is 0 Å². The number of benzene rings is 2. The van der Waals surface area contributed by atoms with E-state index in [9.17, 15) is 14.7 Å². The molecule has 3 aromatic rings. The lowest BCUT2D eigenvalue weighted by atomic mass is 9.94. The molecule has 1 saturated heterocycles. The number of Topliss-reactive ketones (excluding diaryl/α,β-unsaturated/α-hetero) is 1. The van der Waals surface area contributed by atoms with Crippen LogP contribution < -0.4 is 4.74 Å². The van der Waals surface area contributed by atoms with Gasteiger partial charge in [0, 0.05) is 38.2 Å². The van der Waals surface area contributed by atoms with Gasteiger partial charge in [0.05, 0.1) is 11.6 Å². The summed E-state index contributed by atoms with van der Waals surface area (Å²) in [5.41, 5.74) is 2.96. The molecule has 1 aromatic heterocycles. The molecule has 0 bridgehead atoms. The van der Waals surface area contributed by atoms with Gasteiger partial charge in [0.1, 0.15) is 18.1 Å². The van der Waals surface area contributed by atoms with Crippen LogP contribution in [-0.4, -0.2) is 46.9 Å². The Labute approximate surface area is 204 Å². The Morgan fingerprint density at radius 2 is 1.89 bits per heavy atom. The summed E-state index contributed by atoms with van der Waals surface area (Å²) in [5, 5.41) is 11.3. The third-order valence-electron chi connectivity index (χ3n) is 5.99. The number of carbonyl (C=O) groups excluding carboxylic acids is 2. The molecule has 1 aliphatic heterocycles. The third-order valence-corrected chi connectivity index (χ3v) is 5.99. The summed E-state index contributed by atoms with van der Waals surface area (Å²) in [7, 11) is 1.59. The Balaban J connectivity index is 1.67. The highest BCUT2D eigenvalue weighted by molar-refractivity contribution is 6.46. The number of carbonyl (C=O) groups is 2. The molecule has 1 fully saturated rings. The number of aryl methyl sites for hydroxylation is 1. The molecule has 0 unspecified atom stereocenters. The predicted octanol–water partition coefficient (Wildman–Crippen LogP) is 4.43. The highest BCUT2D eigenvalue weighted by Crippen LogP contribution is 2.40. The van der Waals surface area contributed by atoms with E-state index in [2.05, 4.69) is 4.98 Å². The number of rotatable bonds is 9. The first-order chi connectivity index (χ1) is 17.0. The number of pyridine rings is 1. The van der Waals surface area contributed by atoms with Crippen molar-refractivity contribution in [3.05, 3.63) is 101 Å². The van der Waals surface area contributed by atoms with Crippen LogP contribution in [-0.2, 0) is 20.9 Å². The van der Waals surface area contributed by atoms with Crippen LogP contribution in [0.25, 0.3) is 5.76 Å². The molecule has 2 heterocycles. The lowest BCUT2D eigenvalue weighted by Gasteiger charge is -2.25. The van der Waals surface area contributed by atoms with Gasteiger partial charge in [-0.05, 0) is 54.3 Å². The van der Waals surface area contributed by atoms with Crippen LogP contribution in [0.2, 0.25) is 0 Å². The number of aliphatic hydroxyl groups is 1. The lowest BCUT2D eigenvalue weighted by Crippen LogP contribution is -2.31. The van der Waals surface area contributed by atoms with Gasteiger partial charge in [0.2, 0.25) is 0 Å². The largest absolute Gasteiger partial charge is 0.507 e. The highest BCUT2D eigenvalue weighted by atomic mass is 16.5. The third kappa shape index (κ3) is 5.25. The van der Waals surface area contributed by atoms with Crippen molar-refractivity contribution in [3.63, 3.8) is 0 Å². The molecule has 180 valence electrons. The van der Waals surface area contributed by atoms with Crippen LogP contribution in [0.15, 0.2) is 78.6 Å². The van der Waals surface area contributed by atoms with E-state index in [4.69, 9.17) is 9.47 Å². The summed E-state index contributed by atoms with van der Waals surface area (Å²) in [4.78, 5) is 31.7. The first kappa shape index (κ1) is 24.2. The Morgan fingerprint density at radius 3 is 2.57 bits per heavy atom. The molecule has 1 atom stereocenters. The second-order valence-corrected chi connectivity index (χ2v) is 8.38. The van der Waals surface area contributed by atoms with Crippen molar-refractivity contribution in [1.82, 2.24) is 9.88 Å². The number of hydrogen-bond donors (Lipinski definition) is 1. The molecule has 1 N–H and O–H groups in total. The molecule has 1 amide bonds. The predicted molar refractivity (Wildman–Crippen MR) is 132 cm³/mol. The normalized spacial score (nSPS) is 17.1. The van der Waals surface area contributed by atoms with Crippen molar-refractivity contribution in [2.24, 2.45) is 0 Å². The van der Waals surface area contributed by atoms with E-state index in [1.54, 1.807) is 43.8 Å². The minimum atomic E-state index is -0.728. The molecule has 7 heteroatoms. The van der Waals surface area contributed by atoms with E-state index in [1.807, 2.05) is 43.3 Å². The van der Waals surface area contributed by atoms with E-state index < -0.39 is 17.7 Å². The molecular formula is C28H28N2O5. The quantitative estimate of drug-likeness (QED) is 0.215. The monoisotopic (exact) mass is 472 g/mol. The average molecular weight is 473 g/mol. The van der Waals surface area contributed by atoms with Crippen molar-refractivity contribution in [2.75, 3.05) is 20.3 Å². The Morgan fingerprint density at radius 1 is 1.09 bits per heavy atom. The lowest BCUT2D eigenvalue weighted by molar-refractivity contribution is -0.140. The van der Waals surface area contributed by atoms with E-state index in [1.165, 1.54) is 4.90 Å². The molecule has 0 saturated carbocycles. The smallest absolute Gasteiger partial charge is 0.295 e. The van der Waals surface area contributed by atoms with Gasteiger partial charge in [-0.15, -0.1) is 0 Å². The Bertz CT molecular complexity index is 1220. The first-order valence-electron chi connectivity index (χ1n) is 11.5.